The Morgan fingerprint density at radius 2 is 1.71 bits per heavy atom. The van der Waals surface area contributed by atoms with Gasteiger partial charge in [0, 0.05) is 10.6 Å². The van der Waals surface area contributed by atoms with Gasteiger partial charge in [0.2, 0.25) is 0 Å². The molecule has 1 aromatic rings. The number of nitrogens with zero attached hydrogens (tertiary/aromatic N) is 1. The number of hydroxylamine groups is 2. The molecule has 2 rings (SSSR count). The van der Waals surface area contributed by atoms with Crippen molar-refractivity contribution in [3.63, 3.8) is 0 Å². The zero-order valence-corrected chi connectivity index (χ0v) is 10.9. The predicted octanol–water partition coefficient (Wildman–Crippen LogP) is 3.83. The highest BCUT2D eigenvalue weighted by molar-refractivity contribution is 6.43. The molecule has 0 aliphatic carbocycles. The van der Waals surface area contributed by atoms with E-state index in [0.29, 0.717) is 10.1 Å². The summed E-state index contributed by atoms with van der Waals surface area (Å²) in [5.74, 6) is 0. The number of halogens is 3. The van der Waals surface area contributed by atoms with Crippen molar-refractivity contribution in [3.8, 4) is 0 Å². The third kappa shape index (κ3) is 3.15. The fourth-order valence-corrected chi connectivity index (χ4v) is 1.91. The summed E-state index contributed by atoms with van der Waals surface area (Å²) >= 11 is 17.3. The number of hydrogen-bond donors (Lipinski definition) is 1. The van der Waals surface area contributed by atoms with Gasteiger partial charge in [0.1, 0.15) is 17.8 Å². The van der Waals surface area contributed by atoms with Crippen LogP contribution in [0.2, 0.25) is 5.02 Å². The summed E-state index contributed by atoms with van der Waals surface area (Å²) in [7, 11) is 0. The van der Waals surface area contributed by atoms with Crippen molar-refractivity contribution >= 4 is 34.8 Å². The summed E-state index contributed by atoms with van der Waals surface area (Å²) in [6.07, 6.45) is 2.71. The molecule has 0 radical (unpaired) electrons. The standard InChI is InChI=1S/C11H9Cl3N2O/c12-9-3-1-8(2-4-9)6-16(17)7-11(14)10(13)5-15-16/h1-5,7,15H,6H2. The van der Waals surface area contributed by atoms with E-state index in [1.165, 1.54) is 12.4 Å². The lowest BCUT2D eigenvalue weighted by Gasteiger charge is -2.39. The maximum Gasteiger partial charge on any atom is 0.141 e. The summed E-state index contributed by atoms with van der Waals surface area (Å²) in [6, 6.07) is 7.06. The summed E-state index contributed by atoms with van der Waals surface area (Å²) in [5, 5.41) is 13.5. The first-order chi connectivity index (χ1) is 7.98. The lowest BCUT2D eigenvalue weighted by Crippen LogP contribution is -2.47. The number of hydrogen-bond acceptors (Lipinski definition) is 2. The van der Waals surface area contributed by atoms with Crippen LogP contribution in [0.4, 0.5) is 0 Å². The third-order valence-electron chi connectivity index (χ3n) is 2.29. The van der Waals surface area contributed by atoms with E-state index in [-0.39, 0.29) is 11.6 Å². The van der Waals surface area contributed by atoms with E-state index in [9.17, 15) is 5.21 Å². The molecule has 17 heavy (non-hydrogen) atoms. The number of rotatable bonds is 2. The SMILES string of the molecule is [O-][N+]1(Cc2ccc(Cl)cc2)C=C(Cl)C(Cl)=CN1. The van der Waals surface area contributed by atoms with Crippen LogP contribution in [0.25, 0.3) is 0 Å². The minimum atomic E-state index is -0.781. The first-order valence-electron chi connectivity index (χ1n) is 4.84. The van der Waals surface area contributed by atoms with Gasteiger partial charge in [-0.2, -0.15) is 0 Å². The van der Waals surface area contributed by atoms with Gasteiger partial charge in [-0.05, 0) is 12.1 Å². The van der Waals surface area contributed by atoms with Gasteiger partial charge in [-0.3, -0.25) is 0 Å². The second-order valence-electron chi connectivity index (χ2n) is 3.68. The Balaban J connectivity index is 2.17. The minimum absolute atomic E-state index is 0.202. The zero-order chi connectivity index (χ0) is 12.5. The molecule has 0 aromatic heterocycles. The van der Waals surface area contributed by atoms with E-state index in [2.05, 4.69) is 5.43 Å². The number of quaternary nitrogens is 1. The van der Waals surface area contributed by atoms with E-state index >= 15 is 0 Å². The molecule has 0 bridgehead atoms. The summed E-state index contributed by atoms with van der Waals surface area (Å²) < 4.78 is -0.781. The van der Waals surface area contributed by atoms with Crippen molar-refractivity contribution in [2.75, 3.05) is 0 Å². The molecular weight excluding hydrogens is 282 g/mol. The first-order valence-corrected chi connectivity index (χ1v) is 5.97. The molecule has 0 spiro atoms. The fraction of sp³-hybridized carbons (Fsp3) is 0.0909. The number of nitrogens with one attached hydrogen (secondary N) is 1. The third-order valence-corrected chi connectivity index (χ3v) is 3.25. The Hall–Kier alpha value is -0.710. The second kappa shape index (κ2) is 4.88. The van der Waals surface area contributed by atoms with Crippen LogP contribution in [0.5, 0.6) is 0 Å². The average Bonchev–Trinajstić information content (AvgIpc) is 2.28. The largest absolute Gasteiger partial charge is 0.601 e. The normalized spacial score (nSPS) is 23.8. The Kier molecular flexibility index (Phi) is 3.66. The van der Waals surface area contributed by atoms with Gasteiger partial charge in [0.05, 0.1) is 11.2 Å². The van der Waals surface area contributed by atoms with Gasteiger partial charge in [-0.25, -0.2) is 10.2 Å². The molecule has 1 N–H and O–H groups in total. The Morgan fingerprint density at radius 1 is 1.06 bits per heavy atom. The molecule has 0 saturated heterocycles. The van der Waals surface area contributed by atoms with Crippen LogP contribution in [-0.2, 0) is 6.54 Å². The van der Waals surface area contributed by atoms with Crippen LogP contribution in [0.1, 0.15) is 5.56 Å². The topological polar surface area (TPSA) is 35.1 Å². The van der Waals surface area contributed by atoms with Crippen LogP contribution in [-0.4, -0.2) is 4.76 Å². The van der Waals surface area contributed by atoms with Crippen molar-refractivity contribution < 1.29 is 4.76 Å². The lowest BCUT2D eigenvalue weighted by atomic mass is 10.2. The predicted molar refractivity (Wildman–Crippen MR) is 69.8 cm³/mol. The minimum Gasteiger partial charge on any atom is -0.601 e. The Morgan fingerprint density at radius 3 is 2.29 bits per heavy atom. The van der Waals surface area contributed by atoms with Gasteiger partial charge in [-0.1, -0.05) is 46.9 Å². The highest BCUT2D eigenvalue weighted by atomic mass is 35.5. The van der Waals surface area contributed by atoms with Crippen molar-refractivity contribution in [1.29, 1.82) is 0 Å². The smallest absolute Gasteiger partial charge is 0.141 e. The molecule has 1 aromatic carbocycles. The molecule has 0 amide bonds. The Bertz CT molecular complexity index is 484. The maximum absolute atomic E-state index is 12.3. The first kappa shape index (κ1) is 12.7. The van der Waals surface area contributed by atoms with Crippen molar-refractivity contribution in [1.82, 2.24) is 5.43 Å². The number of allylic oxidation sites excluding steroid dienone is 2. The van der Waals surface area contributed by atoms with E-state index in [1.54, 1.807) is 24.3 Å². The van der Waals surface area contributed by atoms with Crippen molar-refractivity contribution in [2.45, 2.75) is 6.54 Å². The quantitative estimate of drug-likeness (QED) is 0.664. The van der Waals surface area contributed by atoms with Gasteiger partial charge in [-0.15, -0.1) is 0 Å². The maximum atomic E-state index is 12.3. The molecule has 0 fully saturated rings. The van der Waals surface area contributed by atoms with Crippen molar-refractivity contribution in [3.05, 3.63) is 62.5 Å². The zero-order valence-electron chi connectivity index (χ0n) is 8.66. The van der Waals surface area contributed by atoms with Crippen LogP contribution in [0.15, 0.2) is 46.7 Å². The molecule has 1 unspecified atom stereocenters. The lowest BCUT2D eigenvalue weighted by molar-refractivity contribution is -0.883. The molecule has 6 heteroatoms. The number of benzene rings is 1. The molecule has 1 aliphatic heterocycles. The van der Waals surface area contributed by atoms with Gasteiger partial charge in [0.15, 0.2) is 0 Å². The van der Waals surface area contributed by atoms with Gasteiger partial charge < -0.3 is 5.21 Å². The van der Waals surface area contributed by atoms with E-state index in [4.69, 9.17) is 34.8 Å². The Labute approximate surface area is 114 Å². The van der Waals surface area contributed by atoms with Gasteiger partial charge in [0.25, 0.3) is 0 Å². The van der Waals surface area contributed by atoms with Gasteiger partial charge >= 0.3 is 0 Å². The highest BCUT2D eigenvalue weighted by Gasteiger charge is 2.21. The van der Waals surface area contributed by atoms with Crippen LogP contribution < -0.4 is 5.43 Å². The molecule has 1 heterocycles. The van der Waals surface area contributed by atoms with Crippen molar-refractivity contribution in [2.24, 2.45) is 0 Å². The summed E-state index contributed by atoms with van der Waals surface area (Å²) in [5.41, 5.74) is 3.48. The second-order valence-corrected chi connectivity index (χ2v) is 4.93. The fourth-order valence-electron chi connectivity index (χ4n) is 1.47. The highest BCUT2D eigenvalue weighted by Crippen LogP contribution is 2.26. The molecule has 90 valence electrons. The summed E-state index contributed by atoms with van der Waals surface area (Å²) in [4.78, 5) is 0. The van der Waals surface area contributed by atoms with Crippen LogP contribution in [0, 0.1) is 5.21 Å². The monoisotopic (exact) mass is 290 g/mol. The average molecular weight is 292 g/mol. The van der Waals surface area contributed by atoms with Crippen LogP contribution in [0.3, 0.4) is 0 Å². The van der Waals surface area contributed by atoms with E-state index < -0.39 is 4.76 Å². The summed E-state index contributed by atoms with van der Waals surface area (Å²) in [6.45, 7) is 0.202. The van der Waals surface area contributed by atoms with Crippen LogP contribution >= 0.6 is 34.8 Å². The molecule has 1 atom stereocenters. The van der Waals surface area contributed by atoms with E-state index in [0.717, 1.165) is 5.56 Å². The molecule has 1 aliphatic rings. The molecule has 0 saturated carbocycles. The molecular formula is C11H9Cl3N2O. The van der Waals surface area contributed by atoms with E-state index in [1.807, 2.05) is 0 Å². The molecule has 3 nitrogen and oxygen atoms in total.